The van der Waals surface area contributed by atoms with Gasteiger partial charge in [-0.3, -0.25) is 4.79 Å². The van der Waals surface area contributed by atoms with Crippen LogP contribution < -0.4 is 5.32 Å². The first kappa shape index (κ1) is 14.7. The molecule has 0 aliphatic heterocycles. The number of carbonyl (C=O) groups is 1. The van der Waals surface area contributed by atoms with Gasteiger partial charge in [0.05, 0.1) is 6.42 Å². The minimum atomic E-state index is 0.135. The molecule has 0 radical (unpaired) electrons. The maximum Gasteiger partial charge on any atom is 0.224 e. The Balaban J connectivity index is 2.51. The minimum Gasteiger partial charge on any atom is -0.356 e. The molecule has 0 atom stereocenters. The fourth-order valence-electron chi connectivity index (χ4n) is 2.06. The van der Waals surface area contributed by atoms with Crippen molar-refractivity contribution >= 4 is 5.91 Å². The van der Waals surface area contributed by atoms with Crippen LogP contribution in [0, 0.1) is 19.8 Å². The highest BCUT2D eigenvalue weighted by molar-refractivity contribution is 5.78. The number of carbonyl (C=O) groups excluding carboxylic acids is 1. The van der Waals surface area contributed by atoms with Crippen molar-refractivity contribution in [2.45, 2.75) is 47.0 Å². The maximum absolute atomic E-state index is 11.9. The third kappa shape index (κ3) is 4.52. The third-order valence-electron chi connectivity index (χ3n) is 3.60. The van der Waals surface area contributed by atoms with Gasteiger partial charge in [0.2, 0.25) is 5.91 Å². The quantitative estimate of drug-likeness (QED) is 0.820. The fourth-order valence-corrected chi connectivity index (χ4v) is 2.06. The summed E-state index contributed by atoms with van der Waals surface area (Å²) in [6, 6.07) is 6.27. The van der Waals surface area contributed by atoms with E-state index in [4.69, 9.17) is 0 Å². The second-order valence-electron chi connectivity index (χ2n) is 5.09. The summed E-state index contributed by atoms with van der Waals surface area (Å²) in [6.45, 7) is 9.26. The summed E-state index contributed by atoms with van der Waals surface area (Å²) in [5.74, 6) is 0.739. The zero-order valence-electron chi connectivity index (χ0n) is 12.0. The minimum absolute atomic E-state index is 0.135. The van der Waals surface area contributed by atoms with Crippen molar-refractivity contribution < 1.29 is 4.79 Å². The first-order valence-electron chi connectivity index (χ1n) is 6.89. The van der Waals surface area contributed by atoms with Crippen molar-refractivity contribution in [2.75, 3.05) is 6.54 Å². The Hall–Kier alpha value is -1.31. The molecule has 18 heavy (non-hydrogen) atoms. The van der Waals surface area contributed by atoms with Gasteiger partial charge in [0.25, 0.3) is 0 Å². The smallest absolute Gasteiger partial charge is 0.224 e. The van der Waals surface area contributed by atoms with E-state index in [0.717, 1.165) is 24.9 Å². The van der Waals surface area contributed by atoms with Crippen molar-refractivity contribution in [3.05, 3.63) is 34.9 Å². The predicted octanol–water partition coefficient (Wildman–Crippen LogP) is 3.40. The van der Waals surface area contributed by atoms with Crippen LogP contribution >= 0.6 is 0 Å². The lowest BCUT2D eigenvalue weighted by atomic mass is 10.0. The average molecular weight is 247 g/mol. The lowest BCUT2D eigenvalue weighted by Crippen LogP contribution is -2.30. The van der Waals surface area contributed by atoms with Crippen LogP contribution in [0.4, 0.5) is 0 Å². The molecular weight excluding hydrogens is 222 g/mol. The van der Waals surface area contributed by atoms with E-state index in [1.807, 2.05) is 0 Å². The molecule has 1 aromatic rings. The molecule has 0 fully saturated rings. The standard InChI is InChI=1S/C16H25NO/c1-5-14(6-2)11-17-16(18)10-15-9-12(3)7-8-13(15)4/h7-9,14H,5-6,10-11H2,1-4H3,(H,17,18). The van der Waals surface area contributed by atoms with Gasteiger partial charge in [-0.1, -0.05) is 50.5 Å². The molecule has 0 aliphatic rings. The zero-order chi connectivity index (χ0) is 13.5. The second-order valence-corrected chi connectivity index (χ2v) is 5.09. The Morgan fingerprint density at radius 3 is 2.50 bits per heavy atom. The van der Waals surface area contributed by atoms with E-state index >= 15 is 0 Å². The van der Waals surface area contributed by atoms with E-state index in [2.05, 4.69) is 51.2 Å². The van der Waals surface area contributed by atoms with Gasteiger partial charge < -0.3 is 5.32 Å². The number of rotatable bonds is 6. The lowest BCUT2D eigenvalue weighted by Gasteiger charge is -2.14. The summed E-state index contributed by atoms with van der Waals surface area (Å²) < 4.78 is 0. The largest absolute Gasteiger partial charge is 0.356 e. The lowest BCUT2D eigenvalue weighted by molar-refractivity contribution is -0.120. The fraction of sp³-hybridized carbons (Fsp3) is 0.562. The second kappa shape index (κ2) is 7.20. The van der Waals surface area contributed by atoms with Crippen LogP contribution in [0.5, 0.6) is 0 Å². The molecule has 0 heterocycles. The van der Waals surface area contributed by atoms with E-state index < -0.39 is 0 Å². The Morgan fingerprint density at radius 1 is 1.22 bits per heavy atom. The zero-order valence-corrected chi connectivity index (χ0v) is 12.0. The molecule has 1 amide bonds. The van der Waals surface area contributed by atoms with Gasteiger partial charge in [0.15, 0.2) is 0 Å². The Labute approximate surface area is 111 Å². The summed E-state index contributed by atoms with van der Waals surface area (Å²) >= 11 is 0. The molecule has 2 nitrogen and oxygen atoms in total. The Morgan fingerprint density at radius 2 is 1.89 bits per heavy atom. The number of hydrogen-bond donors (Lipinski definition) is 1. The molecule has 0 aliphatic carbocycles. The molecule has 2 heteroatoms. The highest BCUT2D eigenvalue weighted by Gasteiger charge is 2.08. The molecule has 0 saturated carbocycles. The molecule has 1 aromatic carbocycles. The summed E-state index contributed by atoms with van der Waals surface area (Å²) in [4.78, 5) is 11.9. The van der Waals surface area contributed by atoms with Gasteiger partial charge in [-0.25, -0.2) is 0 Å². The predicted molar refractivity (Wildman–Crippen MR) is 76.7 cm³/mol. The molecule has 0 bridgehead atoms. The topological polar surface area (TPSA) is 29.1 Å². The highest BCUT2D eigenvalue weighted by Crippen LogP contribution is 2.11. The Kier molecular flexibility index (Phi) is 5.90. The van der Waals surface area contributed by atoms with Gasteiger partial charge in [0.1, 0.15) is 0 Å². The van der Waals surface area contributed by atoms with Crippen molar-refractivity contribution in [3.63, 3.8) is 0 Å². The van der Waals surface area contributed by atoms with E-state index in [1.54, 1.807) is 0 Å². The van der Waals surface area contributed by atoms with Gasteiger partial charge in [0, 0.05) is 6.54 Å². The van der Waals surface area contributed by atoms with Crippen LogP contribution in [0.2, 0.25) is 0 Å². The highest BCUT2D eigenvalue weighted by atomic mass is 16.1. The van der Waals surface area contributed by atoms with Crippen LogP contribution in [0.3, 0.4) is 0 Å². The van der Waals surface area contributed by atoms with E-state index in [1.165, 1.54) is 11.1 Å². The van der Waals surface area contributed by atoms with Crippen LogP contribution in [0.1, 0.15) is 43.4 Å². The van der Waals surface area contributed by atoms with Gasteiger partial charge in [-0.05, 0) is 30.9 Å². The molecule has 100 valence electrons. The normalized spacial score (nSPS) is 10.7. The average Bonchev–Trinajstić information content (AvgIpc) is 2.35. The van der Waals surface area contributed by atoms with Crippen LogP contribution in [-0.2, 0) is 11.2 Å². The van der Waals surface area contributed by atoms with Gasteiger partial charge in [-0.2, -0.15) is 0 Å². The van der Waals surface area contributed by atoms with Crippen molar-refractivity contribution in [3.8, 4) is 0 Å². The van der Waals surface area contributed by atoms with Gasteiger partial charge >= 0.3 is 0 Å². The SMILES string of the molecule is CCC(CC)CNC(=O)Cc1cc(C)ccc1C. The number of hydrogen-bond acceptors (Lipinski definition) is 1. The van der Waals surface area contributed by atoms with Crippen molar-refractivity contribution in [1.29, 1.82) is 0 Å². The van der Waals surface area contributed by atoms with E-state index in [-0.39, 0.29) is 5.91 Å². The first-order chi connectivity index (χ1) is 8.56. The number of benzene rings is 1. The number of aryl methyl sites for hydroxylation is 2. The van der Waals surface area contributed by atoms with E-state index in [9.17, 15) is 4.79 Å². The number of nitrogens with one attached hydrogen (secondary N) is 1. The van der Waals surface area contributed by atoms with Crippen molar-refractivity contribution in [1.82, 2.24) is 5.32 Å². The molecule has 0 spiro atoms. The van der Waals surface area contributed by atoms with Crippen LogP contribution in [-0.4, -0.2) is 12.5 Å². The monoisotopic (exact) mass is 247 g/mol. The molecular formula is C16H25NO. The summed E-state index contributed by atoms with van der Waals surface area (Å²) in [5, 5.41) is 3.04. The molecule has 1 N–H and O–H groups in total. The third-order valence-corrected chi connectivity index (χ3v) is 3.60. The van der Waals surface area contributed by atoms with Crippen LogP contribution in [0.25, 0.3) is 0 Å². The summed E-state index contributed by atoms with van der Waals surface area (Å²) in [5.41, 5.74) is 3.54. The Bertz CT molecular complexity index is 394. The van der Waals surface area contributed by atoms with Crippen molar-refractivity contribution in [2.24, 2.45) is 5.92 Å². The van der Waals surface area contributed by atoms with Gasteiger partial charge in [-0.15, -0.1) is 0 Å². The molecule has 0 unspecified atom stereocenters. The first-order valence-corrected chi connectivity index (χ1v) is 6.89. The molecule has 1 rings (SSSR count). The molecule has 0 saturated heterocycles. The van der Waals surface area contributed by atoms with Crippen LogP contribution in [0.15, 0.2) is 18.2 Å². The molecule has 0 aromatic heterocycles. The maximum atomic E-state index is 11.9. The summed E-state index contributed by atoms with van der Waals surface area (Å²) in [6.07, 6.45) is 2.74. The van der Waals surface area contributed by atoms with E-state index in [0.29, 0.717) is 12.3 Å². The summed E-state index contributed by atoms with van der Waals surface area (Å²) in [7, 11) is 0. The number of amides is 1.